The third-order valence-electron chi connectivity index (χ3n) is 3.54. The predicted molar refractivity (Wildman–Crippen MR) is 90.2 cm³/mol. The van der Waals surface area contributed by atoms with Crippen LogP contribution in [0.15, 0.2) is 48.5 Å². The molecule has 0 aliphatic rings. The van der Waals surface area contributed by atoms with E-state index < -0.39 is 0 Å². The van der Waals surface area contributed by atoms with E-state index in [9.17, 15) is 5.11 Å². The van der Waals surface area contributed by atoms with Crippen molar-refractivity contribution in [2.75, 3.05) is 6.61 Å². The van der Waals surface area contributed by atoms with Crippen LogP contribution in [0, 0.1) is 0 Å². The van der Waals surface area contributed by atoms with Crippen molar-refractivity contribution in [3.63, 3.8) is 0 Å². The number of aliphatic hydroxyl groups is 1. The first-order chi connectivity index (χ1) is 10.7. The molecular formula is C18H22ClNO2. The van der Waals surface area contributed by atoms with Crippen LogP contribution < -0.4 is 10.1 Å². The molecule has 2 rings (SSSR count). The van der Waals surface area contributed by atoms with E-state index in [4.69, 9.17) is 16.3 Å². The van der Waals surface area contributed by atoms with Gasteiger partial charge < -0.3 is 15.2 Å². The van der Waals surface area contributed by atoms with Gasteiger partial charge in [-0.1, -0.05) is 54.9 Å². The molecule has 0 unspecified atom stereocenters. The van der Waals surface area contributed by atoms with E-state index in [-0.39, 0.29) is 12.6 Å². The Hall–Kier alpha value is -1.55. The molecule has 3 nitrogen and oxygen atoms in total. The molecule has 0 radical (unpaired) electrons. The zero-order valence-corrected chi connectivity index (χ0v) is 13.5. The Bertz CT molecular complexity index is 571. The Kier molecular flexibility index (Phi) is 6.72. The lowest BCUT2D eigenvalue weighted by Gasteiger charge is -2.15. The zero-order valence-electron chi connectivity index (χ0n) is 12.8. The second-order valence-electron chi connectivity index (χ2n) is 5.21. The van der Waals surface area contributed by atoms with Crippen LogP contribution in [0.25, 0.3) is 0 Å². The van der Waals surface area contributed by atoms with E-state index in [2.05, 4.69) is 5.32 Å². The Morgan fingerprint density at radius 1 is 1.14 bits per heavy atom. The van der Waals surface area contributed by atoms with Gasteiger partial charge in [0.2, 0.25) is 0 Å². The van der Waals surface area contributed by atoms with Gasteiger partial charge in [0.25, 0.3) is 0 Å². The van der Waals surface area contributed by atoms with Crippen LogP contribution in [0.3, 0.4) is 0 Å². The fourth-order valence-corrected chi connectivity index (χ4v) is 2.36. The van der Waals surface area contributed by atoms with Gasteiger partial charge >= 0.3 is 0 Å². The Labute approximate surface area is 136 Å². The lowest BCUT2D eigenvalue weighted by atomic mass is 10.2. The Morgan fingerprint density at radius 2 is 1.91 bits per heavy atom. The number of nitrogens with one attached hydrogen (secondary N) is 1. The van der Waals surface area contributed by atoms with E-state index in [1.807, 2.05) is 55.5 Å². The van der Waals surface area contributed by atoms with Crippen LogP contribution in [0.4, 0.5) is 0 Å². The average molecular weight is 320 g/mol. The summed E-state index contributed by atoms with van der Waals surface area (Å²) in [5, 5.41) is 13.1. The van der Waals surface area contributed by atoms with Gasteiger partial charge in [-0.15, -0.1) is 0 Å². The average Bonchev–Trinajstić information content (AvgIpc) is 2.56. The third-order valence-corrected chi connectivity index (χ3v) is 3.84. The van der Waals surface area contributed by atoms with Crippen molar-refractivity contribution in [2.45, 2.75) is 32.5 Å². The van der Waals surface area contributed by atoms with Gasteiger partial charge in [0.15, 0.2) is 0 Å². The molecular weight excluding hydrogens is 298 g/mol. The van der Waals surface area contributed by atoms with E-state index >= 15 is 0 Å². The third kappa shape index (κ3) is 5.02. The molecule has 0 heterocycles. The van der Waals surface area contributed by atoms with Gasteiger partial charge in [-0.3, -0.25) is 0 Å². The number of aliphatic hydroxyl groups excluding tert-OH is 1. The summed E-state index contributed by atoms with van der Waals surface area (Å²) in [6.45, 7) is 3.36. The number of halogens is 1. The van der Waals surface area contributed by atoms with Gasteiger partial charge in [0.1, 0.15) is 12.4 Å². The standard InChI is InChI=1S/C18H22ClNO2/c1-2-16(12-21)20-11-15-8-9-18(17(19)10-15)22-13-14-6-4-3-5-7-14/h3-10,16,20-21H,2,11-13H2,1H3/t16-/m0/s1. The van der Waals surface area contributed by atoms with Crippen LogP contribution in [-0.4, -0.2) is 17.8 Å². The number of ether oxygens (including phenoxy) is 1. The van der Waals surface area contributed by atoms with Crippen molar-refractivity contribution < 1.29 is 9.84 Å². The minimum atomic E-state index is 0.118. The second kappa shape index (κ2) is 8.79. The molecule has 0 spiro atoms. The second-order valence-corrected chi connectivity index (χ2v) is 5.61. The molecule has 0 fully saturated rings. The topological polar surface area (TPSA) is 41.5 Å². The molecule has 0 aliphatic heterocycles. The molecule has 2 aromatic rings. The van der Waals surface area contributed by atoms with E-state index in [1.165, 1.54) is 0 Å². The van der Waals surface area contributed by atoms with Crippen molar-refractivity contribution in [3.05, 3.63) is 64.7 Å². The molecule has 0 aliphatic carbocycles. The predicted octanol–water partition coefficient (Wildman–Crippen LogP) is 3.78. The largest absolute Gasteiger partial charge is 0.487 e. The molecule has 0 bridgehead atoms. The van der Waals surface area contributed by atoms with Crippen LogP contribution in [0.2, 0.25) is 5.02 Å². The molecule has 0 saturated heterocycles. The SMILES string of the molecule is CC[C@@H](CO)NCc1ccc(OCc2ccccc2)c(Cl)c1. The minimum absolute atomic E-state index is 0.118. The number of rotatable bonds is 8. The summed E-state index contributed by atoms with van der Waals surface area (Å²) < 4.78 is 5.75. The normalized spacial score (nSPS) is 12.1. The smallest absolute Gasteiger partial charge is 0.138 e. The van der Waals surface area contributed by atoms with Gasteiger partial charge in [-0.25, -0.2) is 0 Å². The van der Waals surface area contributed by atoms with Gasteiger partial charge in [-0.2, -0.15) is 0 Å². The lowest BCUT2D eigenvalue weighted by Crippen LogP contribution is -2.31. The number of hydrogen-bond donors (Lipinski definition) is 2. The molecule has 118 valence electrons. The summed E-state index contributed by atoms with van der Waals surface area (Å²) in [6.07, 6.45) is 0.891. The van der Waals surface area contributed by atoms with E-state index in [0.717, 1.165) is 17.5 Å². The van der Waals surface area contributed by atoms with E-state index in [0.29, 0.717) is 23.9 Å². The lowest BCUT2D eigenvalue weighted by molar-refractivity contribution is 0.238. The summed E-state index contributed by atoms with van der Waals surface area (Å²) in [4.78, 5) is 0. The first kappa shape index (κ1) is 16.8. The van der Waals surface area contributed by atoms with Crippen molar-refractivity contribution in [2.24, 2.45) is 0 Å². The molecule has 22 heavy (non-hydrogen) atoms. The van der Waals surface area contributed by atoms with Crippen LogP contribution in [-0.2, 0) is 13.2 Å². The number of benzene rings is 2. The highest BCUT2D eigenvalue weighted by atomic mass is 35.5. The van der Waals surface area contributed by atoms with Crippen molar-refractivity contribution in [1.82, 2.24) is 5.32 Å². The van der Waals surface area contributed by atoms with Gasteiger partial charge in [0.05, 0.1) is 11.6 Å². The maximum atomic E-state index is 9.17. The minimum Gasteiger partial charge on any atom is -0.487 e. The maximum absolute atomic E-state index is 9.17. The molecule has 4 heteroatoms. The first-order valence-electron chi connectivity index (χ1n) is 7.52. The fourth-order valence-electron chi connectivity index (χ4n) is 2.11. The highest BCUT2D eigenvalue weighted by molar-refractivity contribution is 6.32. The van der Waals surface area contributed by atoms with Crippen LogP contribution in [0.1, 0.15) is 24.5 Å². The Balaban J connectivity index is 1.92. The molecule has 0 aromatic heterocycles. The molecule has 0 amide bonds. The molecule has 0 saturated carbocycles. The highest BCUT2D eigenvalue weighted by Gasteiger charge is 2.06. The first-order valence-corrected chi connectivity index (χ1v) is 7.90. The van der Waals surface area contributed by atoms with E-state index in [1.54, 1.807) is 0 Å². The Morgan fingerprint density at radius 3 is 2.55 bits per heavy atom. The van der Waals surface area contributed by atoms with Crippen molar-refractivity contribution in [1.29, 1.82) is 0 Å². The van der Waals surface area contributed by atoms with Crippen LogP contribution in [0.5, 0.6) is 5.75 Å². The summed E-state index contributed by atoms with van der Waals surface area (Å²) in [5.41, 5.74) is 2.18. The summed E-state index contributed by atoms with van der Waals surface area (Å²) in [5.74, 6) is 0.684. The summed E-state index contributed by atoms with van der Waals surface area (Å²) in [6, 6.07) is 15.9. The molecule has 1 atom stereocenters. The highest BCUT2D eigenvalue weighted by Crippen LogP contribution is 2.26. The van der Waals surface area contributed by atoms with Gasteiger partial charge in [-0.05, 0) is 29.7 Å². The van der Waals surface area contributed by atoms with Crippen molar-refractivity contribution >= 4 is 11.6 Å². The summed E-state index contributed by atoms with van der Waals surface area (Å²) >= 11 is 6.28. The monoisotopic (exact) mass is 319 g/mol. The molecule has 2 aromatic carbocycles. The summed E-state index contributed by atoms with van der Waals surface area (Å²) in [7, 11) is 0. The zero-order chi connectivity index (χ0) is 15.8. The van der Waals surface area contributed by atoms with Gasteiger partial charge in [0, 0.05) is 12.6 Å². The fraction of sp³-hybridized carbons (Fsp3) is 0.333. The molecule has 2 N–H and O–H groups in total. The maximum Gasteiger partial charge on any atom is 0.138 e. The number of hydrogen-bond acceptors (Lipinski definition) is 3. The van der Waals surface area contributed by atoms with Crippen LogP contribution >= 0.6 is 11.6 Å². The van der Waals surface area contributed by atoms with Crippen molar-refractivity contribution in [3.8, 4) is 5.75 Å². The quantitative estimate of drug-likeness (QED) is 0.778.